The normalized spacial score (nSPS) is 11.2. The third-order valence-corrected chi connectivity index (χ3v) is 3.77. The molecule has 0 aliphatic carbocycles. The minimum absolute atomic E-state index is 0.322. The molecule has 0 spiro atoms. The van der Waals surface area contributed by atoms with Crippen LogP contribution in [0.2, 0.25) is 0 Å². The number of amides is 2. The molecule has 0 unspecified atom stereocenters. The fourth-order valence-corrected chi connectivity index (χ4v) is 2.28. The van der Waals surface area contributed by atoms with Crippen molar-refractivity contribution in [2.45, 2.75) is 26.4 Å². The van der Waals surface area contributed by atoms with E-state index < -0.39 is 23.9 Å². The highest BCUT2D eigenvalue weighted by Crippen LogP contribution is 2.26. The van der Waals surface area contributed by atoms with Gasteiger partial charge in [0.15, 0.2) is 24.2 Å². The number of carbonyl (C=O) groups is 3. The van der Waals surface area contributed by atoms with E-state index in [1.54, 1.807) is 24.3 Å². The summed E-state index contributed by atoms with van der Waals surface area (Å²) in [6, 6.07) is 13.0. The van der Waals surface area contributed by atoms with Gasteiger partial charge >= 0.3 is 5.97 Å². The SMILES string of the molecule is CCCOc1ccccc1OCC(=O)O[C@@H](C)C(=O)Nc1ccc(C(N)=O)cc1. The van der Waals surface area contributed by atoms with Crippen LogP contribution < -0.4 is 20.5 Å². The van der Waals surface area contributed by atoms with E-state index in [-0.39, 0.29) is 6.61 Å². The standard InChI is InChI=1S/C21H24N2O6/c1-3-12-27-17-6-4-5-7-18(17)28-13-19(24)29-14(2)21(26)23-16-10-8-15(9-11-16)20(22)25/h4-11,14H,3,12-13H2,1-2H3,(H2,22,25)(H,23,26)/t14-/m0/s1. The van der Waals surface area contributed by atoms with Crippen molar-refractivity contribution in [3.05, 3.63) is 54.1 Å². The maximum Gasteiger partial charge on any atom is 0.344 e. The lowest BCUT2D eigenvalue weighted by Crippen LogP contribution is -2.31. The predicted octanol–water partition coefficient (Wildman–Crippen LogP) is 2.52. The summed E-state index contributed by atoms with van der Waals surface area (Å²) < 4.78 is 16.1. The molecule has 0 saturated heterocycles. The zero-order valence-electron chi connectivity index (χ0n) is 16.3. The Labute approximate surface area is 168 Å². The number of esters is 1. The number of primary amides is 1. The van der Waals surface area contributed by atoms with E-state index in [9.17, 15) is 14.4 Å². The third kappa shape index (κ3) is 6.84. The molecule has 29 heavy (non-hydrogen) atoms. The van der Waals surface area contributed by atoms with Crippen LogP contribution in [0.1, 0.15) is 30.6 Å². The smallest absolute Gasteiger partial charge is 0.344 e. The summed E-state index contributed by atoms with van der Waals surface area (Å²) in [6.45, 7) is 3.60. The molecule has 0 fully saturated rings. The van der Waals surface area contributed by atoms with Crippen molar-refractivity contribution in [1.29, 1.82) is 0 Å². The molecule has 2 amide bonds. The zero-order chi connectivity index (χ0) is 21.2. The monoisotopic (exact) mass is 400 g/mol. The largest absolute Gasteiger partial charge is 0.490 e. The second-order valence-electron chi connectivity index (χ2n) is 6.15. The van der Waals surface area contributed by atoms with Crippen LogP contribution in [0.5, 0.6) is 11.5 Å². The van der Waals surface area contributed by atoms with E-state index in [1.807, 2.05) is 6.92 Å². The highest BCUT2D eigenvalue weighted by atomic mass is 16.6. The molecule has 0 bridgehead atoms. The van der Waals surface area contributed by atoms with Crippen LogP contribution in [0.25, 0.3) is 0 Å². The molecule has 3 N–H and O–H groups in total. The molecule has 0 aliphatic heterocycles. The molecule has 0 radical (unpaired) electrons. The molecule has 8 nitrogen and oxygen atoms in total. The van der Waals surface area contributed by atoms with E-state index in [0.717, 1.165) is 6.42 Å². The third-order valence-electron chi connectivity index (χ3n) is 3.77. The van der Waals surface area contributed by atoms with E-state index in [2.05, 4.69) is 5.32 Å². The molecule has 0 aliphatic rings. The van der Waals surface area contributed by atoms with Gasteiger partial charge in [-0.15, -0.1) is 0 Å². The van der Waals surface area contributed by atoms with Gasteiger partial charge in [-0.2, -0.15) is 0 Å². The first-order chi connectivity index (χ1) is 13.9. The molecule has 0 heterocycles. The molecular formula is C21H24N2O6. The Balaban J connectivity index is 1.84. The Morgan fingerprint density at radius 3 is 2.21 bits per heavy atom. The highest BCUT2D eigenvalue weighted by molar-refractivity contribution is 5.96. The van der Waals surface area contributed by atoms with Crippen LogP contribution in [-0.4, -0.2) is 37.1 Å². The van der Waals surface area contributed by atoms with Gasteiger partial charge in [0.1, 0.15) is 0 Å². The van der Waals surface area contributed by atoms with Crippen molar-refractivity contribution in [3.63, 3.8) is 0 Å². The predicted molar refractivity (Wildman–Crippen MR) is 107 cm³/mol. The van der Waals surface area contributed by atoms with E-state index >= 15 is 0 Å². The first kappa shape index (κ1) is 21.7. The first-order valence-electron chi connectivity index (χ1n) is 9.15. The van der Waals surface area contributed by atoms with Crippen molar-refractivity contribution in [1.82, 2.24) is 0 Å². The van der Waals surface area contributed by atoms with Crippen LogP contribution in [-0.2, 0) is 14.3 Å². The van der Waals surface area contributed by atoms with Crippen molar-refractivity contribution in [2.75, 3.05) is 18.5 Å². The summed E-state index contributed by atoms with van der Waals surface area (Å²) >= 11 is 0. The number of anilines is 1. The lowest BCUT2D eigenvalue weighted by Gasteiger charge is -2.15. The van der Waals surface area contributed by atoms with Crippen LogP contribution in [0.4, 0.5) is 5.69 Å². The molecule has 0 aromatic heterocycles. The second-order valence-corrected chi connectivity index (χ2v) is 6.15. The van der Waals surface area contributed by atoms with E-state index in [1.165, 1.54) is 31.2 Å². The summed E-state index contributed by atoms with van der Waals surface area (Å²) in [4.78, 5) is 35.2. The molecule has 154 valence electrons. The van der Waals surface area contributed by atoms with Crippen LogP contribution in [0.15, 0.2) is 48.5 Å². The Morgan fingerprint density at radius 2 is 1.62 bits per heavy atom. The van der Waals surface area contributed by atoms with Gasteiger partial charge in [-0.25, -0.2) is 4.79 Å². The number of nitrogens with one attached hydrogen (secondary N) is 1. The maximum atomic E-state index is 12.2. The minimum Gasteiger partial charge on any atom is -0.490 e. The Bertz CT molecular complexity index is 851. The molecule has 2 aromatic carbocycles. The quantitative estimate of drug-likeness (QED) is 0.592. The average molecular weight is 400 g/mol. The van der Waals surface area contributed by atoms with Crippen molar-refractivity contribution in [2.24, 2.45) is 5.73 Å². The fourth-order valence-electron chi connectivity index (χ4n) is 2.28. The van der Waals surface area contributed by atoms with Crippen LogP contribution in [0.3, 0.4) is 0 Å². The van der Waals surface area contributed by atoms with Crippen molar-refractivity contribution < 1.29 is 28.6 Å². The molecule has 8 heteroatoms. The minimum atomic E-state index is -1.03. The molecule has 0 saturated carbocycles. The maximum absolute atomic E-state index is 12.2. The van der Waals surface area contributed by atoms with Gasteiger partial charge in [-0.3, -0.25) is 9.59 Å². The fraction of sp³-hybridized carbons (Fsp3) is 0.286. The number of para-hydroxylation sites is 2. The summed E-state index contributed by atoms with van der Waals surface area (Å²) in [5.74, 6) is -0.817. The second kappa shape index (κ2) is 10.7. The van der Waals surface area contributed by atoms with Gasteiger partial charge in [0.2, 0.25) is 5.91 Å². The van der Waals surface area contributed by atoms with Crippen molar-refractivity contribution in [3.8, 4) is 11.5 Å². The van der Waals surface area contributed by atoms with Crippen LogP contribution >= 0.6 is 0 Å². The van der Waals surface area contributed by atoms with Gasteiger partial charge in [-0.05, 0) is 49.7 Å². The topological polar surface area (TPSA) is 117 Å². The van der Waals surface area contributed by atoms with Gasteiger partial charge in [0, 0.05) is 11.3 Å². The summed E-state index contributed by atoms with van der Waals surface area (Å²) in [5.41, 5.74) is 5.94. The number of carbonyl (C=O) groups excluding carboxylic acids is 3. The summed E-state index contributed by atoms with van der Waals surface area (Å²) in [5, 5.41) is 2.59. The number of hydrogen-bond donors (Lipinski definition) is 2. The lowest BCUT2D eigenvalue weighted by molar-refractivity contribution is -0.155. The number of benzene rings is 2. The molecule has 2 rings (SSSR count). The van der Waals surface area contributed by atoms with Gasteiger partial charge < -0.3 is 25.3 Å². The van der Waals surface area contributed by atoms with E-state index in [0.29, 0.717) is 29.4 Å². The Morgan fingerprint density at radius 1 is 1.00 bits per heavy atom. The number of nitrogens with two attached hydrogens (primary N) is 1. The number of rotatable bonds is 10. The average Bonchev–Trinajstić information content (AvgIpc) is 2.71. The van der Waals surface area contributed by atoms with E-state index in [4.69, 9.17) is 19.9 Å². The number of ether oxygens (including phenoxy) is 3. The Hall–Kier alpha value is -3.55. The number of hydrogen-bond acceptors (Lipinski definition) is 6. The lowest BCUT2D eigenvalue weighted by atomic mass is 10.2. The first-order valence-corrected chi connectivity index (χ1v) is 9.15. The summed E-state index contributed by atoms with van der Waals surface area (Å²) in [6.07, 6.45) is -0.192. The highest BCUT2D eigenvalue weighted by Gasteiger charge is 2.19. The van der Waals surface area contributed by atoms with Gasteiger partial charge in [-0.1, -0.05) is 19.1 Å². The summed E-state index contributed by atoms with van der Waals surface area (Å²) in [7, 11) is 0. The zero-order valence-corrected chi connectivity index (χ0v) is 16.3. The van der Waals surface area contributed by atoms with Gasteiger partial charge in [0.25, 0.3) is 5.91 Å². The Kier molecular flexibility index (Phi) is 8.02. The van der Waals surface area contributed by atoms with Crippen molar-refractivity contribution >= 4 is 23.5 Å². The molecule has 2 aromatic rings. The van der Waals surface area contributed by atoms with Crippen LogP contribution in [0, 0.1) is 0 Å². The molecular weight excluding hydrogens is 376 g/mol. The van der Waals surface area contributed by atoms with Gasteiger partial charge in [0.05, 0.1) is 6.61 Å². The molecule has 1 atom stereocenters.